The SMILES string of the molecule is CN(C)C1=NC(NNc2nc(C#N)c(C#N)n2Cc2ccccc2)C(C(C)(C)C)S1. The van der Waals surface area contributed by atoms with Crippen LogP contribution in [0, 0.1) is 28.1 Å². The largest absolute Gasteiger partial charge is 0.358 e. The van der Waals surface area contributed by atoms with Crippen LogP contribution in [0.2, 0.25) is 0 Å². The summed E-state index contributed by atoms with van der Waals surface area (Å²) in [4.78, 5) is 11.1. The van der Waals surface area contributed by atoms with Crippen molar-refractivity contribution in [2.45, 2.75) is 38.7 Å². The van der Waals surface area contributed by atoms with Gasteiger partial charge in [-0.1, -0.05) is 62.9 Å². The quantitative estimate of drug-likeness (QED) is 0.714. The number of aliphatic imine (C=N–C) groups is 1. The van der Waals surface area contributed by atoms with Crippen molar-refractivity contribution in [2.24, 2.45) is 10.4 Å². The van der Waals surface area contributed by atoms with Crippen LogP contribution in [0.15, 0.2) is 35.3 Å². The highest BCUT2D eigenvalue weighted by Gasteiger charge is 2.39. The van der Waals surface area contributed by atoms with E-state index in [2.05, 4.69) is 42.7 Å². The maximum atomic E-state index is 9.61. The summed E-state index contributed by atoms with van der Waals surface area (Å²) in [7, 11) is 3.96. The van der Waals surface area contributed by atoms with E-state index in [0.29, 0.717) is 12.5 Å². The summed E-state index contributed by atoms with van der Waals surface area (Å²) in [6.45, 7) is 6.99. The predicted molar refractivity (Wildman–Crippen MR) is 120 cm³/mol. The molecule has 30 heavy (non-hydrogen) atoms. The van der Waals surface area contributed by atoms with Crippen LogP contribution in [-0.2, 0) is 6.54 Å². The molecule has 0 bridgehead atoms. The summed E-state index contributed by atoms with van der Waals surface area (Å²) in [6.07, 6.45) is -0.189. The van der Waals surface area contributed by atoms with Crippen LogP contribution in [0.3, 0.4) is 0 Å². The molecule has 1 aliphatic heterocycles. The lowest BCUT2D eigenvalue weighted by atomic mass is 9.90. The van der Waals surface area contributed by atoms with Crippen LogP contribution < -0.4 is 10.9 Å². The number of amidine groups is 1. The Kier molecular flexibility index (Phi) is 6.35. The Morgan fingerprint density at radius 1 is 1.17 bits per heavy atom. The molecule has 2 aromatic rings. The van der Waals surface area contributed by atoms with Crippen LogP contribution in [0.25, 0.3) is 0 Å². The molecule has 2 unspecified atom stereocenters. The van der Waals surface area contributed by atoms with E-state index in [1.807, 2.05) is 55.4 Å². The third-order valence-electron chi connectivity index (χ3n) is 4.70. The summed E-state index contributed by atoms with van der Waals surface area (Å²) in [5.41, 5.74) is 7.75. The van der Waals surface area contributed by atoms with Crippen LogP contribution in [-0.4, -0.2) is 45.1 Å². The summed E-state index contributed by atoms with van der Waals surface area (Å²) < 4.78 is 1.71. The molecule has 1 aromatic carbocycles. The number of benzene rings is 1. The van der Waals surface area contributed by atoms with Gasteiger partial charge in [0.1, 0.15) is 18.3 Å². The molecule has 3 rings (SSSR count). The average molecular weight is 423 g/mol. The van der Waals surface area contributed by atoms with Crippen molar-refractivity contribution in [1.29, 1.82) is 10.5 Å². The van der Waals surface area contributed by atoms with Gasteiger partial charge in [0.05, 0.1) is 11.8 Å². The number of thioether (sulfide) groups is 1. The zero-order chi connectivity index (χ0) is 21.9. The first-order valence-corrected chi connectivity index (χ1v) is 10.5. The van der Waals surface area contributed by atoms with Crippen LogP contribution in [0.4, 0.5) is 5.95 Å². The number of hydrogen-bond acceptors (Lipinski definition) is 8. The van der Waals surface area contributed by atoms with E-state index in [1.165, 1.54) is 0 Å². The van der Waals surface area contributed by atoms with Gasteiger partial charge in [0, 0.05) is 14.1 Å². The number of nitrogens with zero attached hydrogens (tertiary/aromatic N) is 6. The maximum absolute atomic E-state index is 9.61. The number of nitriles is 2. The van der Waals surface area contributed by atoms with Gasteiger partial charge >= 0.3 is 0 Å². The van der Waals surface area contributed by atoms with Gasteiger partial charge in [0.2, 0.25) is 5.95 Å². The molecule has 2 heterocycles. The first-order valence-electron chi connectivity index (χ1n) is 9.62. The van der Waals surface area contributed by atoms with E-state index in [9.17, 15) is 10.5 Å². The first-order chi connectivity index (χ1) is 14.2. The first kappa shape index (κ1) is 21.7. The highest BCUT2D eigenvalue weighted by atomic mass is 32.2. The second kappa shape index (κ2) is 8.78. The van der Waals surface area contributed by atoms with E-state index < -0.39 is 0 Å². The van der Waals surface area contributed by atoms with Gasteiger partial charge in [-0.2, -0.15) is 15.5 Å². The molecule has 0 saturated heterocycles. The van der Waals surface area contributed by atoms with E-state index in [4.69, 9.17) is 4.99 Å². The lowest BCUT2D eigenvalue weighted by Crippen LogP contribution is -2.44. The lowest BCUT2D eigenvalue weighted by Gasteiger charge is -2.30. The molecule has 0 aliphatic carbocycles. The van der Waals surface area contributed by atoms with Gasteiger partial charge in [0.25, 0.3) is 0 Å². The molecule has 156 valence electrons. The van der Waals surface area contributed by atoms with Gasteiger partial charge in [-0.15, -0.1) is 0 Å². The molecule has 2 N–H and O–H groups in total. The Balaban J connectivity index is 1.88. The number of anilines is 1. The third-order valence-corrected chi connectivity index (χ3v) is 6.60. The van der Waals surface area contributed by atoms with Crippen molar-refractivity contribution in [3.05, 3.63) is 47.3 Å². The van der Waals surface area contributed by atoms with Gasteiger partial charge < -0.3 is 4.90 Å². The fourth-order valence-electron chi connectivity index (χ4n) is 3.17. The summed E-state index contributed by atoms with van der Waals surface area (Å²) in [5.74, 6) is 0.415. The fourth-order valence-corrected chi connectivity index (χ4v) is 4.40. The van der Waals surface area contributed by atoms with Gasteiger partial charge in [-0.25, -0.2) is 10.4 Å². The zero-order valence-corrected chi connectivity index (χ0v) is 18.7. The highest BCUT2D eigenvalue weighted by molar-refractivity contribution is 8.14. The van der Waals surface area contributed by atoms with Crippen LogP contribution >= 0.6 is 11.8 Å². The van der Waals surface area contributed by atoms with E-state index >= 15 is 0 Å². The van der Waals surface area contributed by atoms with Crippen molar-refractivity contribution in [3.8, 4) is 12.1 Å². The Morgan fingerprint density at radius 2 is 1.87 bits per heavy atom. The smallest absolute Gasteiger partial charge is 0.220 e. The topological polar surface area (TPSA) is 105 Å². The molecule has 0 fully saturated rings. The lowest BCUT2D eigenvalue weighted by molar-refractivity contribution is 0.340. The minimum absolute atomic E-state index is 0.0142. The summed E-state index contributed by atoms with van der Waals surface area (Å²) >= 11 is 1.73. The number of aromatic nitrogens is 2. The summed E-state index contributed by atoms with van der Waals surface area (Å²) in [5, 5.41) is 20.2. The number of hydrogen-bond donors (Lipinski definition) is 2. The van der Waals surface area contributed by atoms with Crippen molar-refractivity contribution >= 4 is 22.9 Å². The molecule has 1 aromatic heterocycles. The maximum Gasteiger partial charge on any atom is 0.220 e. The number of nitrogens with one attached hydrogen (secondary N) is 2. The Hall–Kier alpha value is -3.01. The molecule has 0 saturated carbocycles. The minimum Gasteiger partial charge on any atom is -0.358 e. The van der Waals surface area contributed by atoms with Crippen LogP contribution in [0.5, 0.6) is 0 Å². The van der Waals surface area contributed by atoms with Crippen molar-refractivity contribution in [2.75, 3.05) is 19.5 Å². The number of imidazole rings is 1. The van der Waals surface area contributed by atoms with Gasteiger partial charge in [-0.3, -0.25) is 9.99 Å². The second-order valence-electron chi connectivity index (χ2n) is 8.35. The fraction of sp³-hybridized carbons (Fsp3) is 0.429. The summed E-state index contributed by atoms with van der Waals surface area (Å²) in [6, 6.07) is 13.9. The second-order valence-corrected chi connectivity index (χ2v) is 9.46. The molecule has 0 amide bonds. The normalized spacial score (nSPS) is 18.4. The van der Waals surface area contributed by atoms with Gasteiger partial charge in [0.15, 0.2) is 16.6 Å². The molecular weight excluding hydrogens is 396 g/mol. The Labute approximate surface area is 181 Å². The molecule has 8 nitrogen and oxygen atoms in total. The van der Waals surface area contributed by atoms with Crippen molar-refractivity contribution in [1.82, 2.24) is 19.9 Å². The standard InChI is InChI=1S/C21H26N8S/c1-21(2,3)17-18(25-20(30-17)28(4)5)26-27-19-24-15(11-22)16(12-23)29(19)13-14-9-7-6-8-10-14/h6-10,17-18,26H,13H2,1-5H3,(H,24,27). The Morgan fingerprint density at radius 3 is 2.43 bits per heavy atom. The highest BCUT2D eigenvalue weighted by Crippen LogP contribution is 2.39. The number of hydrazine groups is 1. The van der Waals surface area contributed by atoms with E-state index in [-0.39, 0.29) is 28.2 Å². The molecule has 0 radical (unpaired) electrons. The zero-order valence-electron chi connectivity index (χ0n) is 17.8. The van der Waals surface area contributed by atoms with Crippen molar-refractivity contribution < 1.29 is 0 Å². The molecular formula is C21H26N8S. The molecule has 9 heteroatoms. The van der Waals surface area contributed by atoms with E-state index in [0.717, 1.165) is 10.7 Å². The Bertz CT molecular complexity index is 1000. The van der Waals surface area contributed by atoms with Crippen LogP contribution in [0.1, 0.15) is 37.7 Å². The number of rotatable bonds is 5. The van der Waals surface area contributed by atoms with Crippen molar-refractivity contribution in [3.63, 3.8) is 0 Å². The van der Waals surface area contributed by atoms with Gasteiger partial charge in [-0.05, 0) is 11.0 Å². The molecule has 1 aliphatic rings. The minimum atomic E-state index is -0.189. The molecule has 2 atom stereocenters. The predicted octanol–water partition coefficient (Wildman–Crippen LogP) is 3.00. The molecule has 0 spiro atoms. The third kappa shape index (κ3) is 4.59. The average Bonchev–Trinajstić information content (AvgIpc) is 3.28. The monoisotopic (exact) mass is 422 g/mol. The van der Waals surface area contributed by atoms with E-state index in [1.54, 1.807) is 16.3 Å².